The lowest BCUT2D eigenvalue weighted by Crippen LogP contribution is -2.51. The second-order valence-electron chi connectivity index (χ2n) is 12.0. The van der Waals surface area contributed by atoms with Crippen LogP contribution in [0.3, 0.4) is 0 Å². The number of hydrogen-bond donors (Lipinski definition) is 2. The van der Waals surface area contributed by atoms with Crippen molar-refractivity contribution in [3.8, 4) is 0 Å². The Morgan fingerprint density at radius 1 is 1.03 bits per heavy atom. The summed E-state index contributed by atoms with van der Waals surface area (Å²) in [5.74, 6) is 0.00378. The van der Waals surface area contributed by atoms with E-state index < -0.39 is 5.60 Å². The first-order valence-electron chi connectivity index (χ1n) is 13.1. The summed E-state index contributed by atoms with van der Waals surface area (Å²) < 4.78 is 5.47. The van der Waals surface area contributed by atoms with Crippen molar-refractivity contribution < 1.29 is 14.3 Å². The van der Waals surface area contributed by atoms with Crippen molar-refractivity contribution in [1.82, 2.24) is 20.1 Å². The number of nitrogens with zero attached hydrogens (tertiary/aromatic N) is 2. The number of aromatic nitrogens is 1. The molecule has 0 spiro atoms. The number of piperazine rings is 1. The molecule has 2 aliphatic heterocycles. The number of amides is 2. The van der Waals surface area contributed by atoms with E-state index in [1.54, 1.807) is 4.90 Å². The molecular formula is C29H38N4O3. The predicted molar refractivity (Wildman–Crippen MR) is 143 cm³/mol. The number of H-pyrrole nitrogens is 1. The maximum Gasteiger partial charge on any atom is 0.410 e. The molecule has 3 heterocycles. The maximum absolute atomic E-state index is 13.3. The van der Waals surface area contributed by atoms with Gasteiger partial charge in [-0.3, -0.25) is 4.79 Å². The summed E-state index contributed by atoms with van der Waals surface area (Å²) in [6, 6.07) is 8.06. The number of aromatic amines is 1. The Morgan fingerprint density at radius 2 is 1.75 bits per heavy atom. The third-order valence-corrected chi connectivity index (χ3v) is 7.39. The smallest absolute Gasteiger partial charge is 0.410 e. The molecule has 0 radical (unpaired) electrons. The first kappa shape index (κ1) is 24.5. The fourth-order valence-corrected chi connectivity index (χ4v) is 5.44. The molecule has 1 saturated heterocycles. The Bertz CT molecular complexity index is 1250. The minimum absolute atomic E-state index is 0.00378. The first-order valence-corrected chi connectivity index (χ1v) is 13.1. The van der Waals surface area contributed by atoms with E-state index in [-0.39, 0.29) is 12.0 Å². The monoisotopic (exact) mass is 490 g/mol. The van der Waals surface area contributed by atoms with Crippen molar-refractivity contribution in [1.29, 1.82) is 0 Å². The Hall–Kier alpha value is -3.22. The standard InChI is InChI=1S/C29H38N4O3/c1-28(2,3)36-27(35)33-14-12-32(13-15-33)26(34)19-6-7-23-20(16-19)17-24(31-23)22-9-11-30-25-18-29(4,5)10-8-21(22)25/h6-7,9,16-17,30-31H,8,10-15,18H2,1-5H3. The summed E-state index contributed by atoms with van der Waals surface area (Å²) >= 11 is 0. The topological polar surface area (TPSA) is 77.7 Å². The third kappa shape index (κ3) is 5.01. The highest BCUT2D eigenvalue weighted by Crippen LogP contribution is 2.43. The van der Waals surface area contributed by atoms with Crippen LogP contribution in [-0.4, -0.2) is 65.1 Å². The minimum Gasteiger partial charge on any atom is -0.444 e. The second-order valence-corrected chi connectivity index (χ2v) is 12.0. The Labute approximate surface area is 213 Å². The van der Waals surface area contributed by atoms with Gasteiger partial charge in [0, 0.05) is 66.2 Å². The zero-order valence-electron chi connectivity index (χ0n) is 22.2. The number of nitrogens with one attached hydrogen (secondary N) is 2. The van der Waals surface area contributed by atoms with Crippen LogP contribution in [0.4, 0.5) is 4.79 Å². The van der Waals surface area contributed by atoms with Gasteiger partial charge in [0.05, 0.1) is 0 Å². The quantitative estimate of drug-likeness (QED) is 0.598. The molecule has 0 saturated carbocycles. The normalized spacial score (nSPS) is 20.1. The van der Waals surface area contributed by atoms with E-state index in [0.29, 0.717) is 37.2 Å². The second kappa shape index (κ2) is 9.02. The molecule has 2 aromatic rings. The van der Waals surface area contributed by atoms with Gasteiger partial charge in [-0.1, -0.05) is 19.9 Å². The summed E-state index contributed by atoms with van der Waals surface area (Å²) in [5.41, 5.74) is 6.74. The van der Waals surface area contributed by atoms with Crippen LogP contribution in [0, 0.1) is 5.41 Å². The summed E-state index contributed by atoms with van der Waals surface area (Å²) in [6.07, 6.45) is 5.31. The first-order chi connectivity index (χ1) is 17.0. The number of dihydropyridines is 1. The molecule has 1 aromatic heterocycles. The fourth-order valence-electron chi connectivity index (χ4n) is 5.44. The van der Waals surface area contributed by atoms with Gasteiger partial charge >= 0.3 is 6.09 Å². The molecule has 0 unspecified atom stereocenters. The third-order valence-electron chi connectivity index (χ3n) is 7.39. The van der Waals surface area contributed by atoms with E-state index >= 15 is 0 Å². The van der Waals surface area contributed by atoms with Crippen molar-refractivity contribution in [2.24, 2.45) is 5.41 Å². The van der Waals surface area contributed by atoms with Gasteiger partial charge in [0.1, 0.15) is 5.60 Å². The van der Waals surface area contributed by atoms with Crippen LogP contribution in [-0.2, 0) is 4.74 Å². The molecule has 0 bridgehead atoms. The summed E-state index contributed by atoms with van der Waals surface area (Å²) in [4.78, 5) is 32.7. The Balaban J connectivity index is 1.29. The number of allylic oxidation sites excluding steroid dienone is 3. The average Bonchev–Trinajstić information content (AvgIpc) is 3.24. The molecule has 192 valence electrons. The van der Waals surface area contributed by atoms with Gasteiger partial charge in [0.25, 0.3) is 5.91 Å². The number of hydrogen-bond acceptors (Lipinski definition) is 4. The molecule has 7 heteroatoms. The number of fused-ring (bicyclic) bond motifs is 1. The van der Waals surface area contributed by atoms with Crippen LogP contribution in [0.1, 0.15) is 69.9 Å². The lowest BCUT2D eigenvalue weighted by molar-refractivity contribution is 0.0141. The molecule has 36 heavy (non-hydrogen) atoms. The molecule has 2 N–H and O–H groups in total. The molecule has 0 atom stereocenters. The number of benzene rings is 1. The van der Waals surface area contributed by atoms with Crippen molar-refractivity contribution in [2.75, 3.05) is 32.7 Å². The van der Waals surface area contributed by atoms with Crippen LogP contribution in [0.25, 0.3) is 16.5 Å². The van der Waals surface area contributed by atoms with Gasteiger partial charge in [-0.05, 0) is 75.3 Å². The van der Waals surface area contributed by atoms with E-state index in [0.717, 1.165) is 36.0 Å². The molecule has 5 rings (SSSR count). The highest BCUT2D eigenvalue weighted by molar-refractivity contribution is 5.99. The van der Waals surface area contributed by atoms with E-state index in [2.05, 4.69) is 36.3 Å². The van der Waals surface area contributed by atoms with Gasteiger partial charge in [-0.25, -0.2) is 4.79 Å². The minimum atomic E-state index is -0.523. The number of carbonyl (C=O) groups excluding carboxylic acids is 2. The number of rotatable bonds is 2. The van der Waals surface area contributed by atoms with Crippen molar-refractivity contribution in [2.45, 2.75) is 59.5 Å². The molecule has 3 aliphatic rings. The van der Waals surface area contributed by atoms with E-state index in [1.165, 1.54) is 23.3 Å². The van der Waals surface area contributed by atoms with E-state index in [4.69, 9.17) is 4.74 Å². The predicted octanol–water partition coefficient (Wildman–Crippen LogP) is 5.31. The number of ether oxygens (including phenoxy) is 1. The average molecular weight is 491 g/mol. The highest BCUT2D eigenvalue weighted by atomic mass is 16.6. The van der Waals surface area contributed by atoms with Crippen LogP contribution >= 0.6 is 0 Å². The van der Waals surface area contributed by atoms with Crippen molar-refractivity contribution >= 4 is 28.5 Å². The zero-order chi connectivity index (χ0) is 25.7. The molecular weight excluding hydrogens is 452 g/mol. The van der Waals surface area contributed by atoms with Gasteiger partial charge in [0.2, 0.25) is 0 Å². The van der Waals surface area contributed by atoms with Crippen LogP contribution < -0.4 is 5.32 Å². The maximum atomic E-state index is 13.3. The zero-order valence-corrected chi connectivity index (χ0v) is 22.2. The molecule has 1 aliphatic carbocycles. The number of carbonyl (C=O) groups is 2. The molecule has 7 nitrogen and oxygen atoms in total. The van der Waals surface area contributed by atoms with Gasteiger partial charge in [-0.2, -0.15) is 0 Å². The van der Waals surface area contributed by atoms with E-state index in [9.17, 15) is 9.59 Å². The van der Waals surface area contributed by atoms with Gasteiger partial charge in [0.15, 0.2) is 0 Å². The van der Waals surface area contributed by atoms with Crippen LogP contribution in [0.2, 0.25) is 0 Å². The van der Waals surface area contributed by atoms with Crippen molar-refractivity contribution in [3.05, 3.63) is 52.9 Å². The van der Waals surface area contributed by atoms with Crippen LogP contribution in [0.15, 0.2) is 41.6 Å². The van der Waals surface area contributed by atoms with Gasteiger partial charge in [-0.15, -0.1) is 0 Å². The Kier molecular flexibility index (Phi) is 6.13. The lowest BCUT2D eigenvalue weighted by Gasteiger charge is -2.36. The van der Waals surface area contributed by atoms with E-state index in [1.807, 2.05) is 43.9 Å². The lowest BCUT2D eigenvalue weighted by atomic mass is 9.74. The largest absolute Gasteiger partial charge is 0.444 e. The summed E-state index contributed by atoms with van der Waals surface area (Å²) in [7, 11) is 0. The van der Waals surface area contributed by atoms with Crippen molar-refractivity contribution in [3.63, 3.8) is 0 Å². The molecule has 2 amide bonds. The fraction of sp³-hybridized carbons (Fsp3) is 0.517. The van der Waals surface area contributed by atoms with Gasteiger partial charge < -0.3 is 24.8 Å². The molecule has 1 fully saturated rings. The summed E-state index contributed by atoms with van der Waals surface area (Å²) in [6.45, 7) is 13.1. The Morgan fingerprint density at radius 3 is 2.47 bits per heavy atom. The highest BCUT2D eigenvalue weighted by Gasteiger charge is 2.31. The molecule has 1 aromatic carbocycles. The SMILES string of the molecule is CC1(C)CCC2=C(C1)NCC=C2c1cc2cc(C(=O)N3CCN(C(=O)OC(C)(C)C)CC3)ccc2[nH]1. The summed E-state index contributed by atoms with van der Waals surface area (Å²) in [5, 5.41) is 4.64. The van der Waals surface area contributed by atoms with Crippen LogP contribution in [0.5, 0.6) is 0 Å².